The van der Waals surface area contributed by atoms with E-state index >= 15 is 0 Å². The first-order valence-corrected chi connectivity index (χ1v) is 3.89. The molecule has 2 aromatic heterocycles. The molecule has 12 heavy (non-hydrogen) atoms. The first-order chi connectivity index (χ1) is 5.68. The van der Waals surface area contributed by atoms with Gasteiger partial charge < -0.3 is 4.98 Å². The fourth-order valence-corrected chi connectivity index (χ4v) is 1.48. The fraction of sp³-hybridized carbons (Fsp3) is 0. The monoisotopic (exact) mass is 197 g/mol. The molecule has 2 aromatic rings. The maximum atomic E-state index is 5.77. The van der Waals surface area contributed by atoms with Crippen molar-refractivity contribution in [1.82, 2.24) is 15.0 Å². The summed E-state index contributed by atoms with van der Waals surface area (Å²) in [6, 6.07) is 0. The molecule has 0 unspecified atom stereocenters. The molecular formula is C6H2BCl2N3. The summed E-state index contributed by atoms with van der Waals surface area (Å²) in [7, 11) is 5.59. The summed E-state index contributed by atoms with van der Waals surface area (Å²) in [5.74, 6) is 0. The third kappa shape index (κ3) is 1.07. The minimum absolute atomic E-state index is 0.106. The van der Waals surface area contributed by atoms with Gasteiger partial charge in [-0.05, 0) is 17.8 Å². The molecule has 2 heterocycles. The number of halogens is 2. The van der Waals surface area contributed by atoms with Crippen LogP contribution in [-0.2, 0) is 0 Å². The number of nitrogens with zero attached hydrogens (tertiary/aromatic N) is 2. The van der Waals surface area contributed by atoms with Gasteiger partial charge in [-0.1, -0.05) is 17.1 Å². The second-order valence-electron chi connectivity index (χ2n) is 2.25. The van der Waals surface area contributed by atoms with Gasteiger partial charge in [0.05, 0.1) is 0 Å². The molecule has 58 valence electrons. The minimum atomic E-state index is 0.106. The van der Waals surface area contributed by atoms with Gasteiger partial charge in [0.25, 0.3) is 0 Å². The van der Waals surface area contributed by atoms with Gasteiger partial charge in [-0.2, -0.15) is 4.98 Å². The molecule has 0 spiro atoms. The lowest BCUT2D eigenvalue weighted by atomic mass is 9.98. The number of fused-ring (bicyclic) bond motifs is 1. The number of nitrogens with one attached hydrogen (secondary N) is 1. The highest BCUT2D eigenvalue weighted by molar-refractivity contribution is 6.44. The Morgan fingerprint density at radius 2 is 2.08 bits per heavy atom. The topological polar surface area (TPSA) is 41.6 Å². The van der Waals surface area contributed by atoms with Crippen molar-refractivity contribution in [2.45, 2.75) is 0 Å². The normalized spacial score (nSPS) is 10.8. The van der Waals surface area contributed by atoms with Crippen molar-refractivity contribution < 1.29 is 0 Å². The summed E-state index contributed by atoms with van der Waals surface area (Å²) in [6.07, 6.45) is 1.60. The molecule has 3 nitrogen and oxygen atoms in total. The number of aromatic nitrogens is 3. The first-order valence-electron chi connectivity index (χ1n) is 3.14. The molecule has 1 N–H and O–H groups in total. The van der Waals surface area contributed by atoms with E-state index in [9.17, 15) is 0 Å². The Morgan fingerprint density at radius 3 is 2.83 bits per heavy atom. The van der Waals surface area contributed by atoms with Crippen molar-refractivity contribution in [3.8, 4) is 0 Å². The van der Waals surface area contributed by atoms with Crippen molar-refractivity contribution in [2.75, 3.05) is 0 Å². The largest absolute Gasteiger partial charge is 0.347 e. The van der Waals surface area contributed by atoms with E-state index in [0.29, 0.717) is 16.5 Å². The van der Waals surface area contributed by atoms with Crippen molar-refractivity contribution in [2.24, 2.45) is 0 Å². The molecule has 0 aromatic carbocycles. The van der Waals surface area contributed by atoms with Gasteiger partial charge in [0, 0.05) is 5.39 Å². The lowest BCUT2D eigenvalue weighted by Gasteiger charge is -1.94. The summed E-state index contributed by atoms with van der Waals surface area (Å²) in [5, 5.41) is 0.985. The molecule has 6 heteroatoms. The van der Waals surface area contributed by atoms with Crippen molar-refractivity contribution in [3.05, 3.63) is 16.6 Å². The van der Waals surface area contributed by atoms with Gasteiger partial charge in [0.2, 0.25) is 5.28 Å². The minimum Gasteiger partial charge on any atom is -0.347 e. The quantitative estimate of drug-likeness (QED) is 0.390. The smallest absolute Gasteiger partial charge is 0.225 e. The molecular weight excluding hydrogens is 196 g/mol. The average Bonchev–Trinajstić information content (AvgIpc) is 2.31. The molecule has 0 fully saturated rings. The number of aromatic amines is 1. The van der Waals surface area contributed by atoms with Crippen LogP contribution >= 0.6 is 23.2 Å². The van der Waals surface area contributed by atoms with Crippen LogP contribution in [0.1, 0.15) is 0 Å². The Kier molecular flexibility index (Phi) is 1.74. The molecule has 2 rings (SSSR count). The second kappa shape index (κ2) is 2.64. The lowest BCUT2D eigenvalue weighted by molar-refractivity contribution is 1.20. The molecule has 0 bridgehead atoms. The van der Waals surface area contributed by atoms with Crippen LogP contribution in [0.3, 0.4) is 0 Å². The number of H-pyrrole nitrogens is 1. The Hall–Kier alpha value is -0.735. The standard InChI is InChI=1S/C6H2BCl2N3/c7-2-1-10-5-3(2)4(8)11-6(9)12-5/h1H,(H,10,11,12). The van der Waals surface area contributed by atoms with E-state index < -0.39 is 0 Å². The summed E-state index contributed by atoms with van der Waals surface area (Å²) in [5.41, 5.74) is 1.07. The summed E-state index contributed by atoms with van der Waals surface area (Å²) < 4.78 is 0. The van der Waals surface area contributed by atoms with Crippen molar-refractivity contribution in [1.29, 1.82) is 0 Å². The third-order valence-corrected chi connectivity index (χ3v) is 1.93. The Balaban J connectivity index is 2.93. The molecule has 0 aliphatic heterocycles. The number of hydrogen-bond acceptors (Lipinski definition) is 2. The van der Waals surface area contributed by atoms with E-state index in [0.717, 1.165) is 0 Å². The highest BCUT2D eigenvalue weighted by Crippen LogP contribution is 2.18. The Bertz CT molecular complexity index is 440. The third-order valence-electron chi connectivity index (χ3n) is 1.49. The highest BCUT2D eigenvalue weighted by Gasteiger charge is 2.07. The molecule has 0 atom stereocenters. The molecule has 0 aliphatic carbocycles. The van der Waals surface area contributed by atoms with Gasteiger partial charge in [-0.3, -0.25) is 0 Å². The maximum Gasteiger partial charge on any atom is 0.225 e. The van der Waals surface area contributed by atoms with Gasteiger partial charge in [-0.15, -0.1) is 0 Å². The zero-order valence-corrected chi connectivity index (χ0v) is 7.32. The number of rotatable bonds is 0. The highest BCUT2D eigenvalue weighted by atomic mass is 35.5. The molecule has 0 saturated carbocycles. The van der Waals surface area contributed by atoms with Crippen LogP contribution in [0.5, 0.6) is 0 Å². The molecule has 0 amide bonds. The van der Waals surface area contributed by atoms with E-state index in [4.69, 9.17) is 31.0 Å². The number of hydrogen-bond donors (Lipinski definition) is 1. The Morgan fingerprint density at radius 1 is 1.33 bits per heavy atom. The maximum absolute atomic E-state index is 5.77. The predicted octanol–water partition coefficient (Wildman–Crippen LogP) is 1.06. The summed E-state index contributed by atoms with van der Waals surface area (Å²) in [4.78, 5) is 10.5. The van der Waals surface area contributed by atoms with Crippen molar-refractivity contribution in [3.63, 3.8) is 0 Å². The van der Waals surface area contributed by atoms with Crippen LogP contribution in [0, 0.1) is 0 Å². The first kappa shape index (κ1) is 7.89. The molecule has 2 radical (unpaired) electrons. The zero-order valence-electron chi connectivity index (χ0n) is 5.81. The van der Waals surface area contributed by atoms with Gasteiger partial charge in [0.1, 0.15) is 18.6 Å². The lowest BCUT2D eigenvalue weighted by Crippen LogP contribution is -1.99. The second-order valence-corrected chi connectivity index (χ2v) is 2.95. The van der Waals surface area contributed by atoms with Gasteiger partial charge in [0.15, 0.2) is 0 Å². The summed E-state index contributed by atoms with van der Waals surface area (Å²) >= 11 is 11.3. The van der Waals surface area contributed by atoms with Gasteiger partial charge in [-0.25, -0.2) is 4.98 Å². The van der Waals surface area contributed by atoms with E-state index in [1.54, 1.807) is 6.20 Å². The van der Waals surface area contributed by atoms with Gasteiger partial charge >= 0.3 is 0 Å². The van der Waals surface area contributed by atoms with Crippen molar-refractivity contribution >= 4 is 47.5 Å². The van der Waals surface area contributed by atoms with Crippen LogP contribution in [0.25, 0.3) is 11.0 Å². The van der Waals surface area contributed by atoms with E-state index in [1.807, 2.05) is 0 Å². The fourth-order valence-electron chi connectivity index (χ4n) is 0.986. The van der Waals surface area contributed by atoms with Crippen LogP contribution in [0.4, 0.5) is 0 Å². The SMILES string of the molecule is [B]c1c[nH]c2nc(Cl)nc(Cl)c12. The van der Waals surface area contributed by atoms with E-state index in [1.165, 1.54) is 0 Å². The summed E-state index contributed by atoms with van der Waals surface area (Å²) in [6.45, 7) is 0. The average molecular weight is 198 g/mol. The van der Waals surface area contributed by atoms with Crippen LogP contribution in [0.15, 0.2) is 6.20 Å². The Labute approximate surface area is 79.5 Å². The molecule has 0 saturated heterocycles. The van der Waals surface area contributed by atoms with Crippen LogP contribution < -0.4 is 5.46 Å². The predicted molar refractivity (Wildman–Crippen MR) is 49.3 cm³/mol. The van der Waals surface area contributed by atoms with E-state index in [2.05, 4.69) is 15.0 Å². The molecule has 0 aliphatic rings. The van der Waals surface area contributed by atoms with E-state index in [-0.39, 0.29) is 10.4 Å². The van der Waals surface area contributed by atoms with Crippen LogP contribution in [-0.4, -0.2) is 22.8 Å². The van der Waals surface area contributed by atoms with Crippen LogP contribution in [0.2, 0.25) is 10.4 Å². The zero-order chi connectivity index (χ0) is 8.72.